The predicted octanol–water partition coefficient (Wildman–Crippen LogP) is 4.37. The van der Waals surface area contributed by atoms with Gasteiger partial charge in [-0.15, -0.1) is 0 Å². The highest BCUT2D eigenvalue weighted by Gasteiger charge is 2.26. The molecule has 20 heavy (non-hydrogen) atoms. The van der Waals surface area contributed by atoms with E-state index in [1.165, 1.54) is 36.6 Å². The molecule has 0 aliphatic heterocycles. The van der Waals surface area contributed by atoms with Gasteiger partial charge in [0, 0.05) is 11.4 Å². The third-order valence-corrected chi connectivity index (χ3v) is 4.77. The second-order valence-electron chi connectivity index (χ2n) is 6.44. The van der Waals surface area contributed by atoms with Crippen molar-refractivity contribution in [3.63, 3.8) is 0 Å². The first-order valence-corrected chi connectivity index (χ1v) is 7.77. The average Bonchev–Trinajstić information content (AvgIpc) is 2.46. The van der Waals surface area contributed by atoms with Crippen LogP contribution in [0.2, 0.25) is 0 Å². The van der Waals surface area contributed by atoms with Gasteiger partial charge in [-0.25, -0.2) is 0 Å². The summed E-state index contributed by atoms with van der Waals surface area (Å²) in [6, 6.07) is 10.6. The summed E-state index contributed by atoms with van der Waals surface area (Å²) in [5.41, 5.74) is 9.95. The Balaban J connectivity index is 1.93. The van der Waals surface area contributed by atoms with E-state index in [0.29, 0.717) is 5.92 Å². The predicted molar refractivity (Wildman–Crippen MR) is 84.5 cm³/mol. The number of hydrogen-bond acceptors (Lipinski definition) is 2. The molecule has 0 spiro atoms. The molecule has 1 saturated carbocycles. The van der Waals surface area contributed by atoms with Crippen LogP contribution in [0.4, 0.5) is 0 Å². The Kier molecular flexibility index (Phi) is 3.75. The summed E-state index contributed by atoms with van der Waals surface area (Å²) in [6.07, 6.45) is 5.16. The lowest BCUT2D eigenvalue weighted by Gasteiger charge is -2.31. The van der Waals surface area contributed by atoms with Gasteiger partial charge in [-0.1, -0.05) is 38.0 Å². The standard InChI is InChI=1S/C18H24N2/c1-12-6-5-7-14(10-12)18(19)17-11-13(2)15-8-3-4-9-16(15)20-17/h3-4,8-9,11-12,14,18H,5-7,10,19H2,1-2H3. The van der Waals surface area contributed by atoms with Gasteiger partial charge in [-0.05, 0) is 49.3 Å². The molecule has 3 unspecified atom stereocenters. The average molecular weight is 268 g/mol. The van der Waals surface area contributed by atoms with Crippen LogP contribution in [-0.2, 0) is 0 Å². The number of nitrogens with zero attached hydrogens (tertiary/aromatic N) is 1. The molecule has 1 aromatic heterocycles. The molecule has 3 atom stereocenters. The number of fused-ring (bicyclic) bond motifs is 1. The minimum atomic E-state index is 0.0843. The number of benzene rings is 1. The third-order valence-electron chi connectivity index (χ3n) is 4.77. The van der Waals surface area contributed by atoms with E-state index in [1.807, 2.05) is 6.07 Å². The number of nitrogens with two attached hydrogens (primary N) is 1. The van der Waals surface area contributed by atoms with Crippen molar-refractivity contribution in [2.24, 2.45) is 17.6 Å². The van der Waals surface area contributed by atoms with Gasteiger partial charge in [0.25, 0.3) is 0 Å². The summed E-state index contributed by atoms with van der Waals surface area (Å²) in [6.45, 7) is 4.50. The Bertz CT molecular complexity index is 605. The Morgan fingerprint density at radius 3 is 2.85 bits per heavy atom. The number of rotatable bonds is 2. The normalized spacial score (nSPS) is 24.8. The van der Waals surface area contributed by atoms with Crippen LogP contribution in [0.5, 0.6) is 0 Å². The van der Waals surface area contributed by atoms with Gasteiger partial charge < -0.3 is 5.73 Å². The van der Waals surface area contributed by atoms with Gasteiger partial charge in [0.2, 0.25) is 0 Å². The zero-order valence-electron chi connectivity index (χ0n) is 12.5. The largest absolute Gasteiger partial charge is 0.322 e. The Labute approximate surface area is 121 Å². The van der Waals surface area contributed by atoms with E-state index in [-0.39, 0.29) is 6.04 Å². The maximum Gasteiger partial charge on any atom is 0.0708 e. The van der Waals surface area contributed by atoms with E-state index in [0.717, 1.165) is 17.1 Å². The minimum absolute atomic E-state index is 0.0843. The van der Waals surface area contributed by atoms with Crippen LogP contribution in [-0.4, -0.2) is 4.98 Å². The van der Waals surface area contributed by atoms with Crippen molar-refractivity contribution >= 4 is 10.9 Å². The Hall–Kier alpha value is -1.41. The van der Waals surface area contributed by atoms with Gasteiger partial charge >= 0.3 is 0 Å². The summed E-state index contributed by atoms with van der Waals surface area (Å²) in [5, 5.41) is 1.24. The molecule has 1 aliphatic carbocycles. The smallest absolute Gasteiger partial charge is 0.0708 e. The van der Waals surface area contributed by atoms with Crippen LogP contribution < -0.4 is 5.73 Å². The highest BCUT2D eigenvalue weighted by atomic mass is 14.8. The van der Waals surface area contributed by atoms with Crippen LogP contribution in [0.3, 0.4) is 0 Å². The number of hydrogen-bond donors (Lipinski definition) is 1. The molecular formula is C18H24N2. The number of aromatic nitrogens is 1. The molecule has 2 heteroatoms. The highest BCUT2D eigenvalue weighted by Crippen LogP contribution is 2.36. The lowest BCUT2D eigenvalue weighted by atomic mass is 9.78. The fraction of sp³-hybridized carbons (Fsp3) is 0.500. The summed E-state index contributed by atoms with van der Waals surface area (Å²) >= 11 is 0. The zero-order valence-corrected chi connectivity index (χ0v) is 12.5. The summed E-state index contributed by atoms with van der Waals surface area (Å²) in [4.78, 5) is 4.81. The van der Waals surface area contributed by atoms with Gasteiger partial charge in [-0.3, -0.25) is 4.98 Å². The van der Waals surface area contributed by atoms with Gasteiger partial charge in [0.15, 0.2) is 0 Å². The van der Waals surface area contributed by atoms with E-state index in [2.05, 4.69) is 38.1 Å². The highest BCUT2D eigenvalue weighted by molar-refractivity contribution is 5.82. The fourth-order valence-electron chi connectivity index (χ4n) is 3.59. The summed E-state index contributed by atoms with van der Waals surface area (Å²) in [5.74, 6) is 1.40. The maximum absolute atomic E-state index is 6.53. The molecule has 2 N–H and O–H groups in total. The van der Waals surface area contributed by atoms with E-state index in [1.54, 1.807) is 0 Å². The Morgan fingerprint density at radius 2 is 2.05 bits per heavy atom. The number of aryl methyl sites for hydroxylation is 1. The summed E-state index contributed by atoms with van der Waals surface area (Å²) in [7, 11) is 0. The second kappa shape index (κ2) is 5.53. The monoisotopic (exact) mass is 268 g/mol. The zero-order chi connectivity index (χ0) is 14.1. The van der Waals surface area contributed by atoms with Crippen molar-refractivity contribution < 1.29 is 0 Å². The fourth-order valence-corrected chi connectivity index (χ4v) is 3.59. The Morgan fingerprint density at radius 1 is 1.25 bits per heavy atom. The van der Waals surface area contributed by atoms with E-state index >= 15 is 0 Å². The molecule has 1 aromatic carbocycles. The van der Waals surface area contributed by atoms with Crippen molar-refractivity contribution in [3.05, 3.63) is 41.6 Å². The van der Waals surface area contributed by atoms with Crippen molar-refractivity contribution in [2.45, 2.75) is 45.6 Å². The number of para-hydroxylation sites is 1. The molecule has 0 saturated heterocycles. The SMILES string of the molecule is Cc1cc(C(N)C2CCCC(C)C2)nc2ccccc12. The van der Waals surface area contributed by atoms with Crippen LogP contribution in [0, 0.1) is 18.8 Å². The summed E-state index contributed by atoms with van der Waals surface area (Å²) < 4.78 is 0. The molecular weight excluding hydrogens is 244 g/mol. The first kappa shape index (κ1) is 13.6. The van der Waals surface area contributed by atoms with Crippen molar-refractivity contribution in [1.82, 2.24) is 4.98 Å². The molecule has 2 aromatic rings. The molecule has 106 valence electrons. The van der Waals surface area contributed by atoms with Crippen LogP contribution in [0.15, 0.2) is 30.3 Å². The minimum Gasteiger partial charge on any atom is -0.322 e. The van der Waals surface area contributed by atoms with E-state index in [9.17, 15) is 0 Å². The molecule has 0 amide bonds. The first-order valence-electron chi connectivity index (χ1n) is 7.77. The van der Waals surface area contributed by atoms with Crippen molar-refractivity contribution in [1.29, 1.82) is 0 Å². The van der Waals surface area contributed by atoms with E-state index < -0.39 is 0 Å². The molecule has 0 bridgehead atoms. The second-order valence-corrected chi connectivity index (χ2v) is 6.44. The van der Waals surface area contributed by atoms with Crippen LogP contribution >= 0.6 is 0 Å². The molecule has 2 nitrogen and oxygen atoms in total. The van der Waals surface area contributed by atoms with E-state index in [4.69, 9.17) is 10.7 Å². The molecule has 0 radical (unpaired) electrons. The third kappa shape index (κ3) is 2.57. The molecule has 1 fully saturated rings. The van der Waals surface area contributed by atoms with Gasteiger partial charge in [0.05, 0.1) is 11.2 Å². The van der Waals surface area contributed by atoms with Crippen molar-refractivity contribution in [3.8, 4) is 0 Å². The lowest BCUT2D eigenvalue weighted by molar-refractivity contribution is 0.246. The maximum atomic E-state index is 6.53. The van der Waals surface area contributed by atoms with Crippen LogP contribution in [0.1, 0.15) is 49.9 Å². The van der Waals surface area contributed by atoms with Gasteiger partial charge in [-0.2, -0.15) is 0 Å². The van der Waals surface area contributed by atoms with Gasteiger partial charge in [0.1, 0.15) is 0 Å². The quantitative estimate of drug-likeness (QED) is 0.878. The first-order chi connectivity index (χ1) is 9.65. The van der Waals surface area contributed by atoms with Crippen LogP contribution in [0.25, 0.3) is 10.9 Å². The molecule has 1 heterocycles. The van der Waals surface area contributed by atoms with Crippen molar-refractivity contribution in [2.75, 3.05) is 0 Å². The molecule has 3 rings (SSSR count). The topological polar surface area (TPSA) is 38.9 Å². The number of pyridine rings is 1. The lowest BCUT2D eigenvalue weighted by Crippen LogP contribution is -2.27. The molecule has 1 aliphatic rings.